The molecule has 0 spiro atoms. The molecular weight excluding hydrogens is 124 g/mol. The Hall–Kier alpha value is -0.0100. The first-order valence-corrected chi connectivity index (χ1v) is 3.27. The second kappa shape index (κ2) is 6.99. The molecule has 0 rings (SSSR count). The molecule has 48 valence electrons. The average Bonchev–Trinajstić information content (AvgIpc) is 1.81. The molecule has 0 heterocycles. The zero-order valence-electron chi connectivity index (χ0n) is 4.81. The molecule has 0 saturated heterocycles. The van der Waals surface area contributed by atoms with Crippen molar-refractivity contribution >= 4 is 11.6 Å². The van der Waals surface area contributed by atoms with Gasteiger partial charge in [0.15, 0.2) is 0 Å². The predicted octanol–water partition coefficient (Wildman–Crippen LogP) is 1.55. The van der Waals surface area contributed by atoms with Crippen LogP contribution in [0.2, 0.25) is 0 Å². The van der Waals surface area contributed by atoms with Gasteiger partial charge in [0, 0.05) is 12.5 Å². The Morgan fingerprint density at radius 3 is 2.62 bits per heavy atom. The number of hydrogen-bond donors (Lipinski definition) is 1. The number of aliphatic hydroxyl groups is 1. The number of rotatable bonds is 4. The maximum Gasteiger partial charge on any atom is 0.0433 e. The van der Waals surface area contributed by atoms with E-state index in [1.54, 1.807) is 0 Å². The van der Waals surface area contributed by atoms with Gasteiger partial charge < -0.3 is 5.11 Å². The van der Waals surface area contributed by atoms with Crippen LogP contribution in [0, 0.1) is 0 Å². The summed E-state index contributed by atoms with van der Waals surface area (Å²) in [5.74, 6) is 0.575. The Kier molecular flexibility index (Phi) is 6.98. The molecule has 0 aliphatic carbocycles. The van der Waals surface area contributed by atoms with Gasteiger partial charge in [0.25, 0.3) is 0 Å². The zero-order chi connectivity index (χ0) is 6.24. The molecule has 0 aromatic rings. The summed E-state index contributed by atoms with van der Waals surface area (Å²) in [7, 11) is 0. The van der Waals surface area contributed by atoms with Crippen molar-refractivity contribution in [3.63, 3.8) is 0 Å². The van der Waals surface area contributed by atoms with Gasteiger partial charge in [-0.1, -0.05) is 12.2 Å². The Labute approximate surface area is 55.0 Å². The maximum atomic E-state index is 8.30. The molecule has 0 bridgehead atoms. The van der Waals surface area contributed by atoms with E-state index in [-0.39, 0.29) is 6.61 Å². The summed E-state index contributed by atoms with van der Waals surface area (Å²) < 4.78 is 0. The third kappa shape index (κ3) is 5.99. The van der Waals surface area contributed by atoms with E-state index < -0.39 is 0 Å². The van der Waals surface area contributed by atoms with Crippen LogP contribution in [0.15, 0.2) is 12.2 Å². The van der Waals surface area contributed by atoms with Crippen molar-refractivity contribution in [2.24, 2.45) is 0 Å². The van der Waals surface area contributed by atoms with Crippen LogP contribution in [0.25, 0.3) is 0 Å². The largest absolute Gasteiger partial charge is 0.396 e. The fraction of sp³-hybridized carbons (Fsp3) is 0.667. The minimum absolute atomic E-state index is 0.270. The summed E-state index contributed by atoms with van der Waals surface area (Å²) in [6.07, 6.45) is 5.64. The molecule has 1 N–H and O–H groups in total. The SMILES string of the molecule is OCCCC=CCCl. The predicted molar refractivity (Wildman–Crippen MR) is 36.2 cm³/mol. The lowest BCUT2D eigenvalue weighted by atomic mass is 10.3. The standard InChI is InChI=1S/C6H11ClO/c7-5-3-1-2-4-6-8/h1,3,8H,2,4-6H2. The third-order valence-electron chi connectivity index (χ3n) is 0.785. The van der Waals surface area contributed by atoms with Crippen molar-refractivity contribution in [1.29, 1.82) is 0 Å². The van der Waals surface area contributed by atoms with E-state index in [0.29, 0.717) is 5.88 Å². The normalized spacial score (nSPS) is 10.8. The average molecular weight is 135 g/mol. The molecule has 0 aliphatic rings. The van der Waals surface area contributed by atoms with Crippen molar-refractivity contribution in [1.82, 2.24) is 0 Å². The molecule has 0 saturated carbocycles. The molecule has 1 nitrogen and oxygen atoms in total. The molecular formula is C6H11ClO. The van der Waals surface area contributed by atoms with E-state index in [1.165, 1.54) is 0 Å². The summed E-state index contributed by atoms with van der Waals surface area (Å²) in [5.41, 5.74) is 0. The minimum Gasteiger partial charge on any atom is -0.396 e. The van der Waals surface area contributed by atoms with Crippen LogP contribution in [0.4, 0.5) is 0 Å². The minimum atomic E-state index is 0.270. The summed E-state index contributed by atoms with van der Waals surface area (Å²) in [4.78, 5) is 0. The number of halogens is 1. The molecule has 0 aliphatic heterocycles. The highest BCUT2D eigenvalue weighted by molar-refractivity contribution is 6.18. The summed E-state index contributed by atoms with van der Waals surface area (Å²) in [6.45, 7) is 0.270. The number of aliphatic hydroxyl groups excluding tert-OH is 1. The van der Waals surface area contributed by atoms with Crippen molar-refractivity contribution in [3.8, 4) is 0 Å². The number of unbranched alkanes of at least 4 members (excludes halogenated alkanes) is 1. The lowest BCUT2D eigenvalue weighted by Crippen LogP contribution is -1.77. The second-order valence-electron chi connectivity index (χ2n) is 1.49. The van der Waals surface area contributed by atoms with Crippen LogP contribution < -0.4 is 0 Å². The fourth-order valence-electron chi connectivity index (χ4n) is 0.390. The zero-order valence-corrected chi connectivity index (χ0v) is 5.56. The van der Waals surface area contributed by atoms with Crippen LogP contribution in [-0.4, -0.2) is 17.6 Å². The molecule has 2 heteroatoms. The van der Waals surface area contributed by atoms with Crippen molar-refractivity contribution in [2.45, 2.75) is 12.8 Å². The highest BCUT2D eigenvalue weighted by Crippen LogP contribution is 1.89. The first-order valence-electron chi connectivity index (χ1n) is 2.73. The Bertz CT molecular complexity index is 61.5. The van der Waals surface area contributed by atoms with Gasteiger partial charge in [0.05, 0.1) is 0 Å². The van der Waals surface area contributed by atoms with E-state index in [2.05, 4.69) is 0 Å². The molecule has 0 unspecified atom stereocenters. The van der Waals surface area contributed by atoms with Crippen LogP contribution in [0.1, 0.15) is 12.8 Å². The van der Waals surface area contributed by atoms with Crippen molar-refractivity contribution in [3.05, 3.63) is 12.2 Å². The van der Waals surface area contributed by atoms with E-state index in [0.717, 1.165) is 12.8 Å². The number of alkyl halides is 1. The fourth-order valence-corrected chi connectivity index (χ4v) is 0.516. The third-order valence-corrected chi connectivity index (χ3v) is 0.963. The Morgan fingerprint density at radius 2 is 2.12 bits per heavy atom. The van der Waals surface area contributed by atoms with Crippen LogP contribution in [0.5, 0.6) is 0 Å². The first kappa shape index (κ1) is 7.99. The van der Waals surface area contributed by atoms with Crippen molar-refractivity contribution in [2.75, 3.05) is 12.5 Å². The summed E-state index contributed by atoms with van der Waals surface area (Å²) in [5, 5.41) is 8.30. The second-order valence-corrected chi connectivity index (χ2v) is 1.80. The monoisotopic (exact) mass is 134 g/mol. The molecule has 8 heavy (non-hydrogen) atoms. The van der Waals surface area contributed by atoms with Crippen LogP contribution in [-0.2, 0) is 0 Å². The van der Waals surface area contributed by atoms with Crippen LogP contribution in [0.3, 0.4) is 0 Å². The van der Waals surface area contributed by atoms with Gasteiger partial charge in [-0.15, -0.1) is 11.6 Å². The lowest BCUT2D eigenvalue weighted by molar-refractivity contribution is 0.289. The Balaban J connectivity index is 2.80. The smallest absolute Gasteiger partial charge is 0.0433 e. The molecule has 0 radical (unpaired) electrons. The van der Waals surface area contributed by atoms with E-state index in [4.69, 9.17) is 16.7 Å². The van der Waals surface area contributed by atoms with Gasteiger partial charge in [0.1, 0.15) is 0 Å². The molecule has 0 aromatic carbocycles. The molecule has 0 fully saturated rings. The van der Waals surface area contributed by atoms with Gasteiger partial charge in [-0.25, -0.2) is 0 Å². The highest BCUT2D eigenvalue weighted by Gasteiger charge is 1.75. The van der Waals surface area contributed by atoms with E-state index in [1.807, 2.05) is 12.2 Å². The summed E-state index contributed by atoms with van der Waals surface area (Å²) >= 11 is 5.33. The molecule has 0 atom stereocenters. The molecule has 0 amide bonds. The Morgan fingerprint density at radius 1 is 1.38 bits per heavy atom. The highest BCUT2D eigenvalue weighted by atomic mass is 35.5. The number of hydrogen-bond acceptors (Lipinski definition) is 1. The summed E-state index contributed by atoms with van der Waals surface area (Å²) in [6, 6.07) is 0. The van der Waals surface area contributed by atoms with Crippen LogP contribution >= 0.6 is 11.6 Å². The lowest BCUT2D eigenvalue weighted by Gasteiger charge is -1.84. The quantitative estimate of drug-likeness (QED) is 0.352. The maximum absolute atomic E-state index is 8.30. The molecule has 0 aromatic heterocycles. The van der Waals surface area contributed by atoms with E-state index in [9.17, 15) is 0 Å². The van der Waals surface area contributed by atoms with Gasteiger partial charge in [-0.05, 0) is 12.8 Å². The first-order chi connectivity index (χ1) is 3.91. The van der Waals surface area contributed by atoms with Gasteiger partial charge in [-0.3, -0.25) is 0 Å². The topological polar surface area (TPSA) is 20.2 Å². The van der Waals surface area contributed by atoms with E-state index >= 15 is 0 Å². The van der Waals surface area contributed by atoms with Gasteiger partial charge in [0.2, 0.25) is 0 Å². The number of allylic oxidation sites excluding steroid dienone is 2. The van der Waals surface area contributed by atoms with Crippen molar-refractivity contribution < 1.29 is 5.11 Å². The van der Waals surface area contributed by atoms with Gasteiger partial charge >= 0.3 is 0 Å². The van der Waals surface area contributed by atoms with Gasteiger partial charge in [-0.2, -0.15) is 0 Å².